The van der Waals surface area contributed by atoms with Gasteiger partial charge in [-0.3, -0.25) is 5.14 Å². The average Bonchev–Trinajstić information content (AvgIpc) is 2.84. The van der Waals surface area contributed by atoms with Crippen molar-refractivity contribution in [2.45, 2.75) is 46.6 Å². The Morgan fingerprint density at radius 1 is 1.22 bits per heavy atom. The minimum atomic E-state index is 0.778. The Bertz CT molecular complexity index is 532. The Labute approximate surface area is 120 Å². The Balaban J connectivity index is 1.88. The zero-order chi connectivity index (χ0) is 12.4. The van der Waals surface area contributed by atoms with Crippen LogP contribution in [0.5, 0.6) is 0 Å². The third-order valence-electron chi connectivity index (χ3n) is 3.31. The zero-order valence-corrected chi connectivity index (χ0v) is 12.5. The number of thioether (sulfide) groups is 1. The minimum absolute atomic E-state index is 0.778. The Kier molecular flexibility index (Phi) is 4.13. The monoisotopic (exact) mass is 296 g/mol. The molecule has 1 aliphatic carbocycles. The summed E-state index contributed by atoms with van der Waals surface area (Å²) in [6, 6.07) is 6.47. The maximum absolute atomic E-state index is 5.61. The van der Waals surface area contributed by atoms with Crippen molar-refractivity contribution in [3.05, 3.63) is 18.2 Å². The van der Waals surface area contributed by atoms with Gasteiger partial charge in [-0.15, -0.1) is 23.1 Å². The van der Waals surface area contributed by atoms with Gasteiger partial charge < -0.3 is 0 Å². The van der Waals surface area contributed by atoms with Crippen LogP contribution < -0.4 is 5.14 Å². The molecule has 96 valence electrons. The molecule has 0 amide bonds. The van der Waals surface area contributed by atoms with Crippen LogP contribution in [0.25, 0.3) is 10.2 Å². The molecule has 0 spiro atoms. The molecule has 5 heteroatoms. The highest BCUT2D eigenvalue weighted by Crippen LogP contribution is 2.38. The van der Waals surface area contributed by atoms with E-state index in [1.807, 2.05) is 11.8 Å². The van der Waals surface area contributed by atoms with Gasteiger partial charge in [0.2, 0.25) is 0 Å². The molecule has 3 rings (SSSR count). The molecule has 0 atom stereocenters. The van der Waals surface area contributed by atoms with Gasteiger partial charge in [0.25, 0.3) is 0 Å². The summed E-state index contributed by atoms with van der Waals surface area (Å²) in [7, 11) is 0. The quantitative estimate of drug-likeness (QED) is 0.834. The van der Waals surface area contributed by atoms with E-state index in [4.69, 9.17) is 5.14 Å². The van der Waals surface area contributed by atoms with Crippen LogP contribution in [0.2, 0.25) is 0 Å². The first-order valence-electron chi connectivity index (χ1n) is 6.30. The van der Waals surface area contributed by atoms with Crippen LogP contribution in [0.4, 0.5) is 0 Å². The number of hydrogen-bond acceptors (Lipinski definition) is 5. The van der Waals surface area contributed by atoms with Crippen LogP contribution in [0, 0.1) is 0 Å². The smallest absolute Gasteiger partial charge is 0.165 e. The fourth-order valence-electron chi connectivity index (χ4n) is 2.41. The van der Waals surface area contributed by atoms with Gasteiger partial charge in [0.05, 0.1) is 10.2 Å². The highest BCUT2D eigenvalue weighted by Gasteiger charge is 2.17. The molecule has 1 heterocycles. The van der Waals surface area contributed by atoms with Crippen LogP contribution in [0.15, 0.2) is 27.4 Å². The van der Waals surface area contributed by atoms with Crippen molar-refractivity contribution in [3.63, 3.8) is 0 Å². The maximum Gasteiger partial charge on any atom is 0.165 e. The number of hydrogen-bond donors (Lipinski definition) is 1. The van der Waals surface area contributed by atoms with Crippen molar-refractivity contribution in [1.29, 1.82) is 0 Å². The molecule has 0 unspecified atom stereocenters. The second-order valence-corrected chi connectivity index (χ2v) is 7.83. The van der Waals surface area contributed by atoms with E-state index < -0.39 is 0 Å². The number of nitrogens with zero attached hydrogens (tertiary/aromatic N) is 1. The molecule has 1 aromatic carbocycles. The van der Waals surface area contributed by atoms with Crippen LogP contribution >= 0.6 is 35.0 Å². The van der Waals surface area contributed by atoms with Crippen molar-refractivity contribution in [1.82, 2.24) is 4.98 Å². The second kappa shape index (κ2) is 5.82. The van der Waals surface area contributed by atoms with Crippen LogP contribution in [-0.2, 0) is 0 Å². The van der Waals surface area contributed by atoms with E-state index in [9.17, 15) is 0 Å². The van der Waals surface area contributed by atoms with E-state index in [0.29, 0.717) is 0 Å². The van der Waals surface area contributed by atoms with E-state index in [0.717, 1.165) is 15.1 Å². The van der Waals surface area contributed by atoms with Gasteiger partial charge in [-0.1, -0.05) is 25.3 Å². The molecular formula is C13H16N2S3. The lowest BCUT2D eigenvalue weighted by Gasteiger charge is -2.20. The van der Waals surface area contributed by atoms with Gasteiger partial charge in [-0.2, -0.15) is 0 Å². The summed E-state index contributed by atoms with van der Waals surface area (Å²) in [5.74, 6) is 0. The molecule has 0 saturated heterocycles. The van der Waals surface area contributed by atoms with Crippen molar-refractivity contribution >= 4 is 45.3 Å². The summed E-state index contributed by atoms with van der Waals surface area (Å²) in [6.07, 6.45) is 6.88. The van der Waals surface area contributed by atoms with Crippen molar-refractivity contribution in [3.8, 4) is 0 Å². The normalized spacial score (nSPS) is 17.4. The van der Waals surface area contributed by atoms with Gasteiger partial charge in [0.1, 0.15) is 0 Å². The summed E-state index contributed by atoms with van der Waals surface area (Å²) in [5, 5.41) is 6.38. The molecule has 2 aromatic rings. The first-order valence-corrected chi connectivity index (χ1v) is 8.87. The van der Waals surface area contributed by atoms with Crippen molar-refractivity contribution in [2.24, 2.45) is 5.14 Å². The van der Waals surface area contributed by atoms with E-state index in [2.05, 4.69) is 23.2 Å². The van der Waals surface area contributed by atoms with E-state index >= 15 is 0 Å². The first-order chi connectivity index (χ1) is 8.86. The maximum atomic E-state index is 5.61. The number of aromatic nitrogens is 1. The molecule has 0 bridgehead atoms. The number of benzene rings is 1. The molecule has 0 aliphatic heterocycles. The zero-order valence-electron chi connectivity index (χ0n) is 10.1. The molecule has 2 nitrogen and oxygen atoms in total. The first kappa shape index (κ1) is 12.8. The number of thiazole rings is 1. The fraction of sp³-hybridized carbons (Fsp3) is 0.462. The van der Waals surface area contributed by atoms with Crippen LogP contribution in [0.1, 0.15) is 32.1 Å². The third-order valence-corrected chi connectivity index (χ3v) is 6.34. The SMILES string of the molecule is NSc1nc2c(SC3CCCCC3)cccc2s1. The molecule has 2 N–H and O–H groups in total. The van der Waals surface area contributed by atoms with Gasteiger partial charge in [-0.05, 0) is 36.9 Å². The van der Waals surface area contributed by atoms with E-state index in [1.165, 1.54) is 53.6 Å². The minimum Gasteiger partial charge on any atom is -0.272 e. The number of nitrogens with two attached hydrogens (primary N) is 1. The number of para-hydroxylation sites is 1. The van der Waals surface area contributed by atoms with Crippen LogP contribution in [-0.4, -0.2) is 10.2 Å². The second-order valence-electron chi connectivity index (χ2n) is 4.58. The summed E-state index contributed by atoms with van der Waals surface area (Å²) in [5.41, 5.74) is 1.14. The summed E-state index contributed by atoms with van der Waals surface area (Å²) in [4.78, 5) is 5.96. The largest absolute Gasteiger partial charge is 0.272 e. The summed E-state index contributed by atoms with van der Waals surface area (Å²) < 4.78 is 2.21. The van der Waals surface area contributed by atoms with E-state index in [1.54, 1.807) is 11.3 Å². The van der Waals surface area contributed by atoms with Crippen molar-refractivity contribution < 1.29 is 0 Å². The lowest BCUT2D eigenvalue weighted by molar-refractivity contribution is 0.516. The van der Waals surface area contributed by atoms with Gasteiger partial charge in [-0.25, -0.2) is 4.98 Å². The van der Waals surface area contributed by atoms with E-state index in [-0.39, 0.29) is 0 Å². The fourth-order valence-corrected chi connectivity index (χ4v) is 5.16. The lowest BCUT2D eigenvalue weighted by Crippen LogP contribution is -2.07. The Morgan fingerprint density at radius 2 is 2.06 bits per heavy atom. The predicted octanol–water partition coefficient (Wildman–Crippen LogP) is 4.69. The third kappa shape index (κ3) is 2.69. The highest BCUT2D eigenvalue weighted by atomic mass is 32.2. The molecule has 0 radical (unpaired) electrons. The number of fused-ring (bicyclic) bond motifs is 1. The average molecular weight is 296 g/mol. The van der Waals surface area contributed by atoms with Gasteiger partial charge in [0, 0.05) is 10.1 Å². The molecule has 1 aromatic heterocycles. The predicted molar refractivity (Wildman–Crippen MR) is 82.4 cm³/mol. The number of rotatable bonds is 3. The Morgan fingerprint density at radius 3 is 2.83 bits per heavy atom. The molecule has 1 fully saturated rings. The van der Waals surface area contributed by atoms with Gasteiger partial charge >= 0.3 is 0 Å². The molecular weight excluding hydrogens is 280 g/mol. The topological polar surface area (TPSA) is 38.9 Å². The standard InChI is InChI=1S/C13H16N2S3/c14-18-13-15-12-10(7-4-8-11(12)17-13)16-9-5-2-1-3-6-9/h4,7-9H,1-3,5-6,14H2. The van der Waals surface area contributed by atoms with Crippen molar-refractivity contribution in [2.75, 3.05) is 0 Å². The van der Waals surface area contributed by atoms with Gasteiger partial charge in [0.15, 0.2) is 4.34 Å². The summed E-state index contributed by atoms with van der Waals surface area (Å²) >= 11 is 4.95. The highest BCUT2D eigenvalue weighted by molar-refractivity contribution is 8.00. The molecule has 1 saturated carbocycles. The molecule has 18 heavy (non-hydrogen) atoms. The molecule has 1 aliphatic rings. The Hall–Kier alpha value is -0.230. The summed E-state index contributed by atoms with van der Waals surface area (Å²) in [6.45, 7) is 0. The lowest BCUT2D eigenvalue weighted by atomic mass is 10.0. The van der Waals surface area contributed by atoms with Crippen LogP contribution in [0.3, 0.4) is 0 Å².